The Kier molecular flexibility index (Phi) is 5.77. The molecule has 6 heteroatoms. The van der Waals surface area contributed by atoms with Gasteiger partial charge in [-0.15, -0.1) is 22.7 Å². The first-order valence-electron chi connectivity index (χ1n) is 9.38. The Balaban J connectivity index is 1.80. The first-order chi connectivity index (χ1) is 12.7. The zero-order valence-electron chi connectivity index (χ0n) is 16.6. The highest BCUT2D eigenvalue weighted by molar-refractivity contribution is 7.16. The molecule has 4 nitrogen and oxygen atoms in total. The Hall–Kier alpha value is -1.66. The molecular weight excluding hydrogens is 378 g/mol. The maximum atomic E-state index is 12.9. The van der Waals surface area contributed by atoms with Crippen LogP contribution in [0.15, 0.2) is 11.4 Å². The van der Waals surface area contributed by atoms with Gasteiger partial charge in [0, 0.05) is 15.1 Å². The molecule has 1 amide bonds. The van der Waals surface area contributed by atoms with E-state index in [9.17, 15) is 9.59 Å². The van der Waals surface area contributed by atoms with Crippen molar-refractivity contribution in [1.82, 2.24) is 0 Å². The fraction of sp³-hybridized carbons (Fsp3) is 0.524. The quantitative estimate of drug-likeness (QED) is 0.664. The van der Waals surface area contributed by atoms with Crippen molar-refractivity contribution in [2.45, 2.75) is 53.9 Å². The first kappa shape index (κ1) is 20.1. The number of carbonyl (C=O) groups is 2. The number of hydrogen-bond donors (Lipinski definition) is 1. The van der Waals surface area contributed by atoms with Crippen molar-refractivity contribution in [1.29, 1.82) is 0 Å². The Morgan fingerprint density at radius 2 is 2.04 bits per heavy atom. The summed E-state index contributed by atoms with van der Waals surface area (Å²) in [5.41, 5.74) is 2.66. The molecule has 0 spiro atoms. The summed E-state index contributed by atoms with van der Waals surface area (Å²) in [6.07, 6.45) is 3.10. The number of anilines is 1. The lowest BCUT2D eigenvalue weighted by Crippen LogP contribution is -2.27. The second-order valence-corrected chi connectivity index (χ2v) is 10.4. The highest BCUT2D eigenvalue weighted by Gasteiger charge is 2.32. The molecule has 1 atom stereocenters. The van der Waals surface area contributed by atoms with Gasteiger partial charge >= 0.3 is 5.97 Å². The van der Waals surface area contributed by atoms with E-state index in [1.165, 1.54) is 21.8 Å². The van der Waals surface area contributed by atoms with E-state index in [-0.39, 0.29) is 11.3 Å². The predicted octanol–water partition coefficient (Wildman–Crippen LogP) is 5.70. The van der Waals surface area contributed by atoms with Crippen LogP contribution in [-0.4, -0.2) is 18.5 Å². The van der Waals surface area contributed by atoms with Crippen LogP contribution >= 0.6 is 22.7 Å². The summed E-state index contributed by atoms with van der Waals surface area (Å²) >= 11 is 3.09. The van der Waals surface area contributed by atoms with Gasteiger partial charge in [0.2, 0.25) is 0 Å². The van der Waals surface area contributed by atoms with Crippen LogP contribution in [0.5, 0.6) is 0 Å². The average molecular weight is 406 g/mol. The van der Waals surface area contributed by atoms with Crippen LogP contribution in [-0.2, 0) is 17.6 Å². The molecule has 0 fully saturated rings. The van der Waals surface area contributed by atoms with Gasteiger partial charge < -0.3 is 10.1 Å². The van der Waals surface area contributed by atoms with Crippen molar-refractivity contribution < 1.29 is 14.3 Å². The maximum absolute atomic E-state index is 12.9. The summed E-state index contributed by atoms with van der Waals surface area (Å²) in [6.45, 7) is 10.9. The summed E-state index contributed by atoms with van der Waals surface area (Å²) in [4.78, 5) is 27.4. The number of thiophene rings is 2. The first-order valence-corrected chi connectivity index (χ1v) is 11.1. The van der Waals surface area contributed by atoms with E-state index in [4.69, 9.17) is 4.74 Å². The Bertz CT molecular complexity index is 857. The molecule has 3 rings (SSSR count). The van der Waals surface area contributed by atoms with Gasteiger partial charge in [0.25, 0.3) is 5.91 Å². The van der Waals surface area contributed by atoms with Crippen LogP contribution in [0.25, 0.3) is 0 Å². The van der Waals surface area contributed by atoms with Gasteiger partial charge in [-0.3, -0.25) is 4.79 Å². The summed E-state index contributed by atoms with van der Waals surface area (Å²) in [5.74, 6) is 0.126. The van der Waals surface area contributed by atoms with Gasteiger partial charge in [0.1, 0.15) is 5.00 Å². The molecule has 0 radical (unpaired) electrons. The van der Waals surface area contributed by atoms with E-state index >= 15 is 0 Å². The third kappa shape index (κ3) is 4.27. The van der Waals surface area contributed by atoms with Crippen LogP contribution in [0.2, 0.25) is 0 Å². The van der Waals surface area contributed by atoms with E-state index in [0.717, 1.165) is 29.7 Å². The topological polar surface area (TPSA) is 55.4 Å². The van der Waals surface area contributed by atoms with Gasteiger partial charge in [-0.05, 0) is 56.1 Å². The third-order valence-electron chi connectivity index (χ3n) is 5.20. The number of carbonyl (C=O) groups excluding carboxylic acids is 2. The van der Waals surface area contributed by atoms with Crippen molar-refractivity contribution in [2.24, 2.45) is 11.3 Å². The van der Waals surface area contributed by atoms with E-state index in [0.29, 0.717) is 23.1 Å². The minimum absolute atomic E-state index is 0.130. The number of esters is 1. The van der Waals surface area contributed by atoms with E-state index in [1.54, 1.807) is 24.3 Å². The lowest BCUT2D eigenvalue weighted by Gasteiger charge is -2.34. The normalized spacial score (nSPS) is 16.7. The highest BCUT2D eigenvalue weighted by Crippen LogP contribution is 2.41. The number of nitrogens with one attached hydrogen (secondary N) is 1. The summed E-state index contributed by atoms with van der Waals surface area (Å²) in [7, 11) is 0. The third-order valence-corrected chi connectivity index (χ3v) is 7.22. The standard InChI is InChI=1S/C21H27NO3S2/c1-6-25-20(24)15-9-12(2)27-19(15)22-18(23)16-11-26-17-10-13(21(3,4)5)7-8-14(16)17/h9,11,13H,6-8,10H2,1-5H3,(H,22,23). The number of fused-ring (bicyclic) bond motifs is 1. The zero-order chi connectivity index (χ0) is 19.8. The Morgan fingerprint density at radius 3 is 2.70 bits per heavy atom. The summed E-state index contributed by atoms with van der Waals surface area (Å²) in [5, 5.41) is 5.49. The Morgan fingerprint density at radius 1 is 1.30 bits per heavy atom. The molecular formula is C21H27NO3S2. The highest BCUT2D eigenvalue weighted by atomic mass is 32.1. The minimum atomic E-state index is -0.391. The predicted molar refractivity (Wildman–Crippen MR) is 112 cm³/mol. The number of hydrogen-bond acceptors (Lipinski definition) is 5. The van der Waals surface area contributed by atoms with Gasteiger partial charge in [-0.1, -0.05) is 20.8 Å². The van der Waals surface area contributed by atoms with Gasteiger partial charge in [0.05, 0.1) is 17.7 Å². The Labute approximate surface area is 168 Å². The molecule has 0 saturated heterocycles. The van der Waals surface area contributed by atoms with E-state index < -0.39 is 5.97 Å². The van der Waals surface area contributed by atoms with Crippen LogP contribution in [0, 0.1) is 18.3 Å². The van der Waals surface area contributed by atoms with Crippen LogP contribution in [0.3, 0.4) is 0 Å². The monoisotopic (exact) mass is 405 g/mol. The number of amides is 1. The van der Waals surface area contributed by atoms with E-state index in [2.05, 4.69) is 26.1 Å². The second kappa shape index (κ2) is 7.76. The molecule has 0 aromatic carbocycles. The molecule has 1 N–H and O–H groups in total. The summed E-state index contributed by atoms with van der Waals surface area (Å²) < 4.78 is 5.11. The zero-order valence-corrected chi connectivity index (χ0v) is 18.2. The van der Waals surface area contributed by atoms with Crippen LogP contribution in [0.4, 0.5) is 5.00 Å². The molecule has 146 valence electrons. The molecule has 0 bridgehead atoms. The second-order valence-electron chi connectivity index (χ2n) is 8.13. The molecule has 2 aromatic rings. The molecule has 0 saturated carbocycles. The average Bonchev–Trinajstić information content (AvgIpc) is 3.17. The van der Waals surface area contributed by atoms with Gasteiger partial charge in [-0.25, -0.2) is 4.79 Å². The van der Waals surface area contributed by atoms with Crippen molar-refractivity contribution in [3.63, 3.8) is 0 Å². The SMILES string of the molecule is CCOC(=O)c1cc(C)sc1NC(=O)c1csc2c1CCC(C(C)(C)C)C2. The van der Waals surface area contributed by atoms with Crippen molar-refractivity contribution in [3.05, 3.63) is 37.9 Å². The number of rotatable bonds is 4. The molecule has 1 unspecified atom stereocenters. The van der Waals surface area contributed by atoms with Gasteiger partial charge in [-0.2, -0.15) is 0 Å². The largest absolute Gasteiger partial charge is 0.462 e. The molecule has 2 heterocycles. The number of aryl methyl sites for hydroxylation is 1. The fourth-order valence-electron chi connectivity index (χ4n) is 3.58. The van der Waals surface area contributed by atoms with Crippen molar-refractivity contribution in [2.75, 3.05) is 11.9 Å². The van der Waals surface area contributed by atoms with Crippen molar-refractivity contribution in [3.8, 4) is 0 Å². The smallest absolute Gasteiger partial charge is 0.341 e. The number of ether oxygens (including phenoxy) is 1. The van der Waals surface area contributed by atoms with Crippen LogP contribution < -0.4 is 5.32 Å². The van der Waals surface area contributed by atoms with Gasteiger partial charge in [0.15, 0.2) is 0 Å². The lowest BCUT2D eigenvalue weighted by atomic mass is 9.72. The minimum Gasteiger partial charge on any atom is -0.462 e. The molecule has 2 aromatic heterocycles. The molecule has 1 aliphatic rings. The maximum Gasteiger partial charge on any atom is 0.341 e. The van der Waals surface area contributed by atoms with E-state index in [1.807, 2.05) is 12.3 Å². The molecule has 0 aliphatic heterocycles. The lowest BCUT2D eigenvalue weighted by molar-refractivity contribution is 0.0528. The fourth-order valence-corrected chi connectivity index (χ4v) is 5.64. The summed E-state index contributed by atoms with van der Waals surface area (Å²) in [6, 6.07) is 1.77. The molecule has 1 aliphatic carbocycles. The van der Waals surface area contributed by atoms with Crippen molar-refractivity contribution >= 4 is 39.6 Å². The molecule has 27 heavy (non-hydrogen) atoms. The van der Waals surface area contributed by atoms with Crippen LogP contribution in [0.1, 0.15) is 70.1 Å².